The molecule has 0 spiro atoms. The van der Waals surface area contributed by atoms with Crippen LogP contribution < -0.4 is 5.32 Å². The zero-order valence-corrected chi connectivity index (χ0v) is 11.1. The van der Waals surface area contributed by atoms with Crippen molar-refractivity contribution in [3.05, 3.63) is 17.5 Å². The van der Waals surface area contributed by atoms with Crippen LogP contribution in [0.4, 0.5) is 0 Å². The maximum atomic E-state index is 5.91. The summed E-state index contributed by atoms with van der Waals surface area (Å²) in [4.78, 5) is 0. The van der Waals surface area contributed by atoms with Crippen molar-refractivity contribution >= 4 is 0 Å². The number of nitrogens with one attached hydrogen (secondary N) is 1. The van der Waals surface area contributed by atoms with Gasteiger partial charge in [-0.3, -0.25) is 4.68 Å². The lowest BCUT2D eigenvalue weighted by atomic mass is 9.82. The molecule has 1 saturated carbocycles. The van der Waals surface area contributed by atoms with E-state index in [1.165, 1.54) is 18.5 Å². The van der Waals surface area contributed by atoms with E-state index < -0.39 is 0 Å². The minimum atomic E-state index is 0.453. The largest absolute Gasteiger partial charge is 0.372 e. The monoisotopic (exact) mass is 237 g/mol. The van der Waals surface area contributed by atoms with E-state index in [0.717, 1.165) is 24.7 Å². The Balaban J connectivity index is 1.75. The summed E-state index contributed by atoms with van der Waals surface area (Å²) in [6, 6.07) is 2.12. The Hall–Kier alpha value is -0.870. The third-order valence-electron chi connectivity index (χ3n) is 3.44. The molecule has 0 aromatic carbocycles. The van der Waals surface area contributed by atoms with Crippen LogP contribution in [0.5, 0.6) is 0 Å². The second-order valence-electron chi connectivity index (χ2n) is 4.92. The topological polar surface area (TPSA) is 39.1 Å². The van der Waals surface area contributed by atoms with Crippen molar-refractivity contribution < 1.29 is 4.74 Å². The molecule has 0 atom stereocenters. The van der Waals surface area contributed by atoms with Gasteiger partial charge >= 0.3 is 0 Å². The number of hydrogen-bond acceptors (Lipinski definition) is 3. The zero-order chi connectivity index (χ0) is 12.3. The average Bonchev–Trinajstić information content (AvgIpc) is 2.62. The van der Waals surface area contributed by atoms with Gasteiger partial charge < -0.3 is 10.1 Å². The van der Waals surface area contributed by atoms with Gasteiger partial charge in [-0.2, -0.15) is 5.10 Å². The summed E-state index contributed by atoms with van der Waals surface area (Å²) in [7, 11) is 2.01. The SMILES string of the molecule is CCn1nc(C)cc1COC1CC(CNC)C1. The molecule has 1 aromatic rings. The van der Waals surface area contributed by atoms with E-state index in [1.807, 2.05) is 18.7 Å². The second-order valence-corrected chi connectivity index (χ2v) is 4.92. The molecule has 1 aromatic heterocycles. The zero-order valence-electron chi connectivity index (χ0n) is 11.1. The first-order valence-corrected chi connectivity index (χ1v) is 6.52. The van der Waals surface area contributed by atoms with E-state index in [4.69, 9.17) is 4.74 Å². The van der Waals surface area contributed by atoms with E-state index in [9.17, 15) is 0 Å². The van der Waals surface area contributed by atoms with E-state index in [2.05, 4.69) is 23.4 Å². The number of hydrogen-bond donors (Lipinski definition) is 1. The van der Waals surface area contributed by atoms with Gasteiger partial charge in [0.15, 0.2) is 0 Å². The molecule has 0 amide bonds. The third-order valence-corrected chi connectivity index (χ3v) is 3.44. The molecule has 1 aliphatic rings. The van der Waals surface area contributed by atoms with Crippen LogP contribution in [0.25, 0.3) is 0 Å². The molecular weight excluding hydrogens is 214 g/mol. The Morgan fingerprint density at radius 2 is 2.29 bits per heavy atom. The van der Waals surface area contributed by atoms with Crippen LogP contribution in [0.2, 0.25) is 0 Å². The van der Waals surface area contributed by atoms with E-state index >= 15 is 0 Å². The molecule has 1 aliphatic carbocycles. The van der Waals surface area contributed by atoms with Gasteiger partial charge in [0.1, 0.15) is 0 Å². The van der Waals surface area contributed by atoms with Crippen LogP contribution in [0.15, 0.2) is 6.07 Å². The molecule has 0 bridgehead atoms. The normalized spacial score (nSPS) is 23.7. The Bertz CT molecular complexity index is 356. The van der Waals surface area contributed by atoms with Crippen molar-refractivity contribution in [1.29, 1.82) is 0 Å². The molecule has 17 heavy (non-hydrogen) atoms. The molecular formula is C13H23N3O. The quantitative estimate of drug-likeness (QED) is 0.819. The molecule has 1 heterocycles. The molecule has 2 rings (SSSR count). The predicted molar refractivity (Wildman–Crippen MR) is 67.9 cm³/mol. The lowest BCUT2D eigenvalue weighted by Crippen LogP contribution is -2.36. The Kier molecular flexibility index (Phi) is 4.18. The number of ether oxygens (including phenoxy) is 1. The highest BCUT2D eigenvalue weighted by molar-refractivity contribution is 5.07. The van der Waals surface area contributed by atoms with Gasteiger partial charge in [0, 0.05) is 6.54 Å². The average molecular weight is 237 g/mol. The number of aryl methyl sites for hydroxylation is 2. The van der Waals surface area contributed by atoms with Gasteiger partial charge in [0.05, 0.1) is 24.1 Å². The summed E-state index contributed by atoms with van der Waals surface area (Å²) in [5.74, 6) is 0.808. The highest BCUT2D eigenvalue weighted by Gasteiger charge is 2.29. The summed E-state index contributed by atoms with van der Waals surface area (Å²) >= 11 is 0. The van der Waals surface area contributed by atoms with Crippen LogP contribution in [-0.2, 0) is 17.9 Å². The first-order valence-electron chi connectivity index (χ1n) is 6.52. The van der Waals surface area contributed by atoms with Crippen LogP contribution in [0.3, 0.4) is 0 Å². The maximum Gasteiger partial charge on any atom is 0.0888 e. The van der Waals surface area contributed by atoms with E-state index in [-0.39, 0.29) is 0 Å². The molecule has 0 aliphatic heterocycles. The van der Waals surface area contributed by atoms with Crippen molar-refractivity contribution in [2.75, 3.05) is 13.6 Å². The van der Waals surface area contributed by atoms with E-state index in [0.29, 0.717) is 12.7 Å². The van der Waals surface area contributed by atoms with Crippen LogP contribution in [0, 0.1) is 12.8 Å². The van der Waals surface area contributed by atoms with Crippen molar-refractivity contribution in [3.63, 3.8) is 0 Å². The van der Waals surface area contributed by atoms with Crippen molar-refractivity contribution in [1.82, 2.24) is 15.1 Å². The molecule has 1 N–H and O–H groups in total. The van der Waals surface area contributed by atoms with Crippen molar-refractivity contribution in [2.24, 2.45) is 5.92 Å². The molecule has 0 saturated heterocycles. The third kappa shape index (κ3) is 3.07. The highest BCUT2D eigenvalue weighted by atomic mass is 16.5. The van der Waals surface area contributed by atoms with Gasteiger partial charge in [-0.1, -0.05) is 0 Å². The molecule has 96 valence electrons. The van der Waals surface area contributed by atoms with Crippen molar-refractivity contribution in [2.45, 2.75) is 45.9 Å². The molecule has 1 fully saturated rings. The lowest BCUT2D eigenvalue weighted by Gasteiger charge is -2.35. The summed E-state index contributed by atoms with van der Waals surface area (Å²) < 4.78 is 7.93. The molecule has 4 nitrogen and oxygen atoms in total. The van der Waals surface area contributed by atoms with Gasteiger partial charge in [0.25, 0.3) is 0 Å². The number of aromatic nitrogens is 2. The Morgan fingerprint density at radius 3 is 2.94 bits per heavy atom. The molecule has 0 unspecified atom stereocenters. The number of rotatable bonds is 6. The summed E-state index contributed by atoms with van der Waals surface area (Å²) in [6.45, 7) is 6.88. The lowest BCUT2D eigenvalue weighted by molar-refractivity contribution is -0.0413. The standard InChI is InChI=1S/C13H23N3O/c1-4-16-12(5-10(2)15-16)9-17-13-6-11(7-13)8-14-3/h5,11,13-14H,4,6-9H2,1-3H3. The summed E-state index contributed by atoms with van der Waals surface area (Å²) in [5.41, 5.74) is 2.27. The van der Waals surface area contributed by atoms with Crippen molar-refractivity contribution in [3.8, 4) is 0 Å². The number of nitrogens with zero attached hydrogens (tertiary/aromatic N) is 2. The molecule has 0 radical (unpaired) electrons. The summed E-state index contributed by atoms with van der Waals surface area (Å²) in [5, 5.41) is 7.64. The minimum absolute atomic E-state index is 0.453. The van der Waals surface area contributed by atoms with Gasteiger partial charge in [-0.15, -0.1) is 0 Å². The minimum Gasteiger partial charge on any atom is -0.372 e. The fraction of sp³-hybridized carbons (Fsp3) is 0.769. The fourth-order valence-corrected chi connectivity index (χ4v) is 2.46. The van der Waals surface area contributed by atoms with Gasteiger partial charge in [0.2, 0.25) is 0 Å². The van der Waals surface area contributed by atoms with Crippen LogP contribution in [-0.4, -0.2) is 29.5 Å². The Labute approximate surface area is 103 Å². The maximum absolute atomic E-state index is 5.91. The predicted octanol–water partition coefficient (Wildman–Crippen LogP) is 1.73. The van der Waals surface area contributed by atoms with Gasteiger partial charge in [-0.05, 0) is 52.3 Å². The first kappa shape index (κ1) is 12.6. The summed E-state index contributed by atoms with van der Waals surface area (Å²) in [6.07, 6.45) is 2.84. The second kappa shape index (κ2) is 5.65. The van der Waals surface area contributed by atoms with Gasteiger partial charge in [-0.25, -0.2) is 0 Å². The van der Waals surface area contributed by atoms with Crippen LogP contribution in [0.1, 0.15) is 31.2 Å². The Morgan fingerprint density at radius 1 is 1.53 bits per heavy atom. The smallest absolute Gasteiger partial charge is 0.0888 e. The van der Waals surface area contributed by atoms with Crippen LogP contribution >= 0.6 is 0 Å². The first-order chi connectivity index (χ1) is 8.22. The molecule has 4 heteroatoms. The fourth-order valence-electron chi connectivity index (χ4n) is 2.46. The highest BCUT2D eigenvalue weighted by Crippen LogP contribution is 2.30. The van der Waals surface area contributed by atoms with E-state index in [1.54, 1.807) is 0 Å².